The number of thioether (sulfide) groups is 1. The van der Waals surface area contributed by atoms with Gasteiger partial charge >= 0.3 is 5.97 Å². The van der Waals surface area contributed by atoms with Gasteiger partial charge in [0.05, 0.1) is 6.42 Å². The molecule has 0 fully saturated rings. The summed E-state index contributed by atoms with van der Waals surface area (Å²) in [5, 5.41) is 8.93. The molecule has 4 heteroatoms. The van der Waals surface area contributed by atoms with Gasteiger partial charge in [0.25, 0.3) is 0 Å². The van der Waals surface area contributed by atoms with Crippen LogP contribution < -0.4 is 5.73 Å². The second-order valence-electron chi connectivity index (χ2n) is 4.65. The highest BCUT2D eigenvalue weighted by Crippen LogP contribution is 2.28. The number of nitrogens with two attached hydrogens (primary N) is 1. The van der Waals surface area contributed by atoms with E-state index in [1.54, 1.807) is 11.8 Å². The van der Waals surface area contributed by atoms with Gasteiger partial charge in [-0.3, -0.25) is 4.79 Å². The van der Waals surface area contributed by atoms with Crippen LogP contribution in [0, 0.1) is 6.92 Å². The van der Waals surface area contributed by atoms with Crippen molar-refractivity contribution in [2.24, 2.45) is 0 Å². The van der Waals surface area contributed by atoms with Crippen molar-refractivity contribution in [2.45, 2.75) is 24.0 Å². The van der Waals surface area contributed by atoms with Gasteiger partial charge in [0.15, 0.2) is 0 Å². The fourth-order valence-electron chi connectivity index (χ4n) is 2.02. The summed E-state index contributed by atoms with van der Waals surface area (Å²) in [6.07, 6.45) is 0.0669. The maximum absolute atomic E-state index is 10.9. The van der Waals surface area contributed by atoms with Crippen LogP contribution in [0.2, 0.25) is 0 Å². The minimum atomic E-state index is -0.800. The lowest BCUT2D eigenvalue weighted by Crippen LogP contribution is -2.02. The maximum atomic E-state index is 10.9. The molecule has 0 heterocycles. The molecule has 0 unspecified atom stereocenters. The van der Waals surface area contributed by atoms with Crippen LogP contribution in [-0.4, -0.2) is 11.1 Å². The van der Waals surface area contributed by atoms with Crippen LogP contribution in [0.15, 0.2) is 47.4 Å². The lowest BCUT2D eigenvalue weighted by atomic mass is 10.1. The SMILES string of the molecule is Cc1cc(N)ccc1SCc1ccccc1CC(=O)O. The summed E-state index contributed by atoms with van der Waals surface area (Å²) < 4.78 is 0. The van der Waals surface area contributed by atoms with Gasteiger partial charge in [0.2, 0.25) is 0 Å². The third-order valence-electron chi connectivity index (χ3n) is 3.04. The summed E-state index contributed by atoms with van der Waals surface area (Å²) in [7, 11) is 0. The molecule has 0 saturated heterocycles. The first-order chi connectivity index (χ1) is 9.56. The third-order valence-corrected chi connectivity index (χ3v) is 4.27. The highest BCUT2D eigenvalue weighted by Gasteiger charge is 2.07. The smallest absolute Gasteiger partial charge is 0.307 e. The fraction of sp³-hybridized carbons (Fsp3) is 0.188. The molecule has 0 aliphatic heterocycles. The van der Waals surface area contributed by atoms with Crippen molar-refractivity contribution in [1.29, 1.82) is 0 Å². The Balaban J connectivity index is 2.12. The van der Waals surface area contributed by atoms with Crippen LogP contribution in [0.5, 0.6) is 0 Å². The Morgan fingerprint density at radius 1 is 1.20 bits per heavy atom. The topological polar surface area (TPSA) is 63.3 Å². The summed E-state index contributed by atoms with van der Waals surface area (Å²) in [5.74, 6) is -0.0417. The Labute approximate surface area is 122 Å². The van der Waals surface area contributed by atoms with Crippen molar-refractivity contribution in [2.75, 3.05) is 5.73 Å². The number of aliphatic carboxylic acids is 1. The molecule has 0 amide bonds. The van der Waals surface area contributed by atoms with E-state index in [2.05, 4.69) is 0 Å². The van der Waals surface area contributed by atoms with E-state index in [4.69, 9.17) is 10.8 Å². The molecule has 104 valence electrons. The van der Waals surface area contributed by atoms with Crippen LogP contribution >= 0.6 is 11.8 Å². The van der Waals surface area contributed by atoms with Crippen LogP contribution in [0.4, 0.5) is 5.69 Å². The molecule has 0 aliphatic carbocycles. The standard InChI is InChI=1S/C16H17NO2S/c1-11-8-14(17)6-7-15(11)20-10-13-5-3-2-4-12(13)9-16(18)19/h2-8H,9-10,17H2,1H3,(H,18,19). The highest BCUT2D eigenvalue weighted by molar-refractivity contribution is 7.98. The number of hydrogen-bond donors (Lipinski definition) is 2. The fourth-order valence-corrected chi connectivity index (χ4v) is 3.07. The number of nitrogen functional groups attached to an aromatic ring is 1. The van der Waals surface area contributed by atoms with E-state index in [1.807, 2.05) is 49.4 Å². The Kier molecular flexibility index (Phi) is 4.69. The van der Waals surface area contributed by atoms with Gasteiger partial charge in [0.1, 0.15) is 0 Å². The van der Waals surface area contributed by atoms with Crippen molar-refractivity contribution in [3.05, 3.63) is 59.2 Å². The summed E-state index contributed by atoms with van der Waals surface area (Å²) in [6, 6.07) is 13.5. The molecule has 3 nitrogen and oxygen atoms in total. The predicted molar refractivity (Wildman–Crippen MR) is 82.9 cm³/mol. The normalized spacial score (nSPS) is 10.4. The molecule has 20 heavy (non-hydrogen) atoms. The van der Waals surface area contributed by atoms with E-state index in [0.29, 0.717) is 0 Å². The number of carboxylic acids is 1. The van der Waals surface area contributed by atoms with Gasteiger partial charge in [-0.1, -0.05) is 24.3 Å². The Morgan fingerprint density at radius 2 is 1.90 bits per heavy atom. The molecule has 0 saturated carbocycles. The molecule has 0 aromatic heterocycles. The molecule has 0 radical (unpaired) electrons. The molecular weight excluding hydrogens is 270 g/mol. The second-order valence-corrected chi connectivity index (χ2v) is 5.67. The minimum absolute atomic E-state index is 0.0669. The summed E-state index contributed by atoms with van der Waals surface area (Å²) in [6.45, 7) is 2.03. The van der Waals surface area contributed by atoms with E-state index < -0.39 is 5.97 Å². The van der Waals surface area contributed by atoms with Crippen molar-refractivity contribution < 1.29 is 9.90 Å². The van der Waals surface area contributed by atoms with Crippen molar-refractivity contribution in [1.82, 2.24) is 0 Å². The molecule has 2 rings (SSSR count). The lowest BCUT2D eigenvalue weighted by Gasteiger charge is -2.09. The van der Waals surface area contributed by atoms with E-state index in [9.17, 15) is 4.79 Å². The van der Waals surface area contributed by atoms with E-state index in [-0.39, 0.29) is 6.42 Å². The number of rotatable bonds is 5. The zero-order valence-electron chi connectivity index (χ0n) is 11.3. The summed E-state index contributed by atoms with van der Waals surface area (Å²) in [5.41, 5.74) is 9.59. The maximum Gasteiger partial charge on any atom is 0.307 e. The lowest BCUT2D eigenvalue weighted by molar-refractivity contribution is -0.136. The van der Waals surface area contributed by atoms with Gasteiger partial charge in [-0.25, -0.2) is 0 Å². The van der Waals surface area contributed by atoms with Crippen molar-refractivity contribution in [3.63, 3.8) is 0 Å². The van der Waals surface area contributed by atoms with E-state index in [1.165, 1.54) is 4.90 Å². The zero-order chi connectivity index (χ0) is 14.5. The monoisotopic (exact) mass is 287 g/mol. The van der Waals surface area contributed by atoms with Crippen LogP contribution in [-0.2, 0) is 17.0 Å². The molecule has 3 N–H and O–H groups in total. The quantitative estimate of drug-likeness (QED) is 0.652. The van der Waals surface area contributed by atoms with Crippen LogP contribution in [0.1, 0.15) is 16.7 Å². The van der Waals surface area contributed by atoms with Crippen LogP contribution in [0.3, 0.4) is 0 Å². The molecule has 2 aromatic rings. The zero-order valence-corrected chi connectivity index (χ0v) is 12.1. The Bertz CT molecular complexity index is 626. The first-order valence-corrected chi connectivity index (χ1v) is 7.32. The summed E-state index contributed by atoms with van der Waals surface area (Å²) in [4.78, 5) is 12.0. The van der Waals surface area contributed by atoms with E-state index >= 15 is 0 Å². The molecule has 0 bridgehead atoms. The Morgan fingerprint density at radius 3 is 2.55 bits per heavy atom. The number of benzene rings is 2. The number of hydrogen-bond acceptors (Lipinski definition) is 3. The van der Waals surface area contributed by atoms with E-state index in [0.717, 1.165) is 28.1 Å². The van der Waals surface area contributed by atoms with Crippen LogP contribution in [0.25, 0.3) is 0 Å². The summed E-state index contributed by atoms with van der Waals surface area (Å²) >= 11 is 1.70. The number of carbonyl (C=O) groups is 1. The molecule has 0 spiro atoms. The molecule has 0 aliphatic rings. The van der Waals surface area contributed by atoms with Gasteiger partial charge in [-0.2, -0.15) is 0 Å². The van der Waals surface area contributed by atoms with Gasteiger partial charge < -0.3 is 10.8 Å². The first kappa shape index (κ1) is 14.5. The second kappa shape index (κ2) is 6.48. The van der Waals surface area contributed by atoms with Crippen molar-refractivity contribution in [3.8, 4) is 0 Å². The minimum Gasteiger partial charge on any atom is -0.481 e. The Hall–Kier alpha value is -1.94. The van der Waals surface area contributed by atoms with Gasteiger partial charge in [-0.15, -0.1) is 11.8 Å². The molecule has 2 aromatic carbocycles. The number of anilines is 1. The average molecular weight is 287 g/mol. The number of aryl methyl sites for hydroxylation is 1. The molecule has 0 atom stereocenters. The highest BCUT2D eigenvalue weighted by atomic mass is 32.2. The molecular formula is C16H17NO2S. The van der Waals surface area contributed by atoms with Gasteiger partial charge in [0, 0.05) is 16.3 Å². The largest absolute Gasteiger partial charge is 0.481 e. The predicted octanol–water partition coefficient (Wildman–Crippen LogP) is 3.50. The number of carboxylic acid groups (broad SMARTS) is 1. The average Bonchev–Trinajstić information content (AvgIpc) is 2.39. The van der Waals surface area contributed by atoms with Crippen molar-refractivity contribution >= 4 is 23.4 Å². The third kappa shape index (κ3) is 3.78. The van der Waals surface area contributed by atoms with Gasteiger partial charge in [-0.05, 0) is 41.8 Å². The first-order valence-electron chi connectivity index (χ1n) is 6.34.